The van der Waals surface area contributed by atoms with E-state index in [0.29, 0.717) is 34.2 Å². The van der Waals surface area contributed by atoms with Crippen molar-refractivity contribution < 1.29 is 19.4 Å². The van der Waals surface area contributed by atoms with Crippen molar-refractivity contribution in [2.45, 2.75) is 27.7 Å². The Morgan fingerprint density at radius 3 is 1.75 bits per heavy atom. The van der Waals surface area contributed by atoms with Crippen LogP contribution >= 0.6 is 0 Å². The molecule has 1 aliphatic rings. The molecule has 190 valence electrons. The number of anilines is 4. The number of amides is 1. The van der Waals surface area contributed by atoms with Gasteiger partial charge in [-0.2, -0.15) is 0 Å². The highest BCUT2D eigenvalue weighted by Gasteiger charge is 2.31. The van der Waals surface area contributed by atoms with Crippen LogP contribution in [-0.4, -0.2) is 50.4 Å². The normalized spacial score (nSPS) is 11.9. The van der Waals surface area contributed by atoms with E-state index in [2.05, 4.69) is 37.5 Å². The Morgan fingerprint density at radius 2 is 1.31 bits per heavy atom. The minimum absolute atomic E-state index is 0.0625. The number of carbonyl (C=O) groups excluding carboxylic acids is 1. The Balaban J connectivity index is 1.78. The van der Waals surface area contributed by atoms with E-state index in [-0.39, 0.29) is 19.1 Å². The molecule has 4 rings (SSSR count). The number of hydrogen-bond donors (Lipinski definition) is 1. The second kappa shape index (κ2) is 11.4. The fourth-order valence-electron chi connectivity index (χ4n) is 4.56. The first-order valence-corrected chi connectivity index (χ1v) is 12.7. The fraction of sp³-hybridized carbons (Fsp3) is 0.345. The van der Waals surface area contributed by atoms with Gasteiger partial charge in [0.15, 0.2) is 11.5 Å². The lowest BCUT2D eigenvalue weighted by Gasteiger charge is -2.33. The topological polar surface area (TPSA) is 65.5 Å². The Hall–Kier alpha value is -3.71. The smallest absolute Gasteiger partial charge is 0.263 e. The van der Waals surface area contributed by atoms with E-state index >= 15 is 0 Å². The van der Waals surface area contributed by atoms with Gasteiger partial charge < -0.3 is 24.4 Å². The molecule has 3 aromatic carbocycles. The molecule has 36 heavy (non-hydrogen) atoms. The first-order chi connectivity index (χ1) is 17.5. The van der Waals surface area contributed by atoms with Gasteiger partial charge in [-0.15, -0.1) is 0 Å². The van der Waals surface area contributed by atoms with Crippen LogP contribution in [-0.2, 0) is 0 Å². The molecule has 0 radical (unpaired) electrons. The largest absolute Gasteiger partial charge is 0.491 e. The van der Waals surface area contributed by atoms with Crippen molar-refractivity contribution in [3.8, 4) is 17.2 Å². The lowest BCUT2D eigenvalue weighted by Crippen LogP contribution is -2.29. The van der Waals surface area contributed by atoms with E-state index in [1.54, 1.807) is 29.2 Å². The van der Waals surface area contributed by atoms with Gasteiger partial charge >= 0.3 is 0 Å². The van der Waals surface area contributed by atoms with Crippen LogP contribution in [0.1, 0.15) is 38.1 Å². The zero-order valence-corrected chi connectivity index (χ0v) is 21.5. The average molecular weight is 490 g/mol. The van der Waals surface area contributed by atoms with E-state index in [0.717, 1.165) is 37.6 Å². The highest BCUT2D eigenvalue weighted by atomic mass is 16.5. The maximum absolute atomic E-state index is 13.9. The van der Waals surface area contributed by atoms with Crippen molar-refractivity contribution in [3.05, 3.63) is 66.2 Å². The van der Waals surface area contributed by atoms with E-state index in [1.165, 1.54) is 0 Å². The number of rotatable bonds is 10. The van der Waals surface area contributed by atoms with Gasteiger partial charge in [-0.3, -0.25) is 9.69 Å². The molecule has 0 bridgehead atoms. The van der Waals surface area contributed by atoms with Crippen molar-refractivity contribution in [2.24, 2.45) is 0 Å². The molecule has 0 unspecified atom stereocenters. The van der Waals surface area contributed by atoms with Gasteiger partial charge in [-0.25, -0.2) is 0 Å². The Bertz CT molecular complexity index is 1130. The van der Waals surface area contributed by atoms with Crippen LogP contribution in [0.5, 0.6) is 17.2 Å². The minimum atomic E-state index is -0.152. The molecule has 0 atom stereocenters. The fourth-order valence-corrected chi connectivity index (χ4v) is 4.56. The number of benzene rings is 3. The predicted molar refractivity (Wildman–Crippen MR) is 146 cm³/mol. The first-order valence-electron chi connectivity index (χ1n) is 12.7. The SMILES string of the molecule is CCN(CC)c1ccc2c(c1)Oc1cc(N(CC)CC)ccc1N2C(=O)c1ccc(OCCO)cc1. The maximum Gasteiger partial charge on any atom is 0.263 e. The van der Waals surface area contributed by atoms with Crippen LogP contribution in [0.15, 0.2) is 60.7 Å². The molecular formula is C29H35N3O4. The predicted octanol–water partition coefficient (Wildman–Crippen LogP) is 5.83. The summed E-state index contributed by atoms with van der Waals surface area (Å²) in [5, 5.41) is 8.99. The monoisotopic (exact) mass is 489 g/mol. The highest BCUT2D eigenvalue weighted by molar-refractivity contribution is 6.13. The second-order valence-corrected chi connectivity index (χ2v) is 8.49. The molecule has 1 heterocycles. The van der Waals surface area contributed by atoms with Crippen LogP contribution in [0, 0.1) is 0 Å². The van der Waals surface area contributed by atoms with E-state index in [1.807, 2.05) is 36.4 Å². The van der Waals surface area contributed by atoms with Crippen LogP contribution in [0.25, 0.3) is 0 Å². The molecule has 1 amide bonds. The molecule has 0 fully saturated rings. The van der Waals surface area contributed by atoms with Crippen LogP contribution < -0.4 is 24.2 Å². The average Bonchev–Trinajstić information content (AvgIpc) is 2.91. The summed E-state index contributed by atoms with van der Waals surface area (Å²) in [4.78, 5) is 20.1. The van der Waals surface area contributed by atoms with Gasteiger partial charge in [0, 0.05) is 55.2 Å². The van der Waals surface area contributed by atoms with Gasteiger partial charge in [0.05, 0.1) is 18.0 Å². The van der Waals surface area contributed by atoms with Gasteiger partial charge in [-0.1, -0.05) is 0 Å². The summed E-state index contributed by atoms with van der Waals surface area (Å²) in [5.41, 5.74) is 4.06. The summed E-state index contributed by atoms with van der Waals surface area (Å²) >= 11 is 0. The van der Waals surface area contributed by atoms with Crippen LogP contribution in [0.2, 0.25) is 0 Å². The first kappa shape index (κ1) is 25.4. The lowest BCUT2D eigenvalue weighted by molar-refractivity contribution is 0.0997. The lowest BCUT2D eigenvalue weighted by atomic mass is 10.1. The van der Waals surface area contributed by atoms with Gasteiger partial charge in [-0.05, 0) is 76.2 Å². The number of ether oxygens (including phenoxy) is 2. The number of fused-ring (bicyclic) bond motifs is 2. The highest BCUT2D eigenvalue weighted by Crippen LogP contribution is 2.49. The van der Waals surface area contributed by atoms with Crippen molar-refractivity contribution in [3.63, 3.8) is 0 Å². The minimum Gasteiger partial charge on any atom is -0.491 e. The summed E-state index contributed by atoms with van der Waals surface area (Å²) in [7, 11) is 0. The van der Waals surface area contributed by atoms with E-state index in [4.69, 9.17) is 14.6 Å². The molecule has 0 aromatic heterocycles. The summed E-state index contributed by atoms with van der Waals surface area (Å²) in [6.45, 7) is 12.2. The van der Waals surface area contributed by atoms with Crippen molar-refractivity contribution in [2.75, 3.05) is 54.1 Å². The molecular weight excluding hydrogens is 454 g/mol. The quantitative estimate of drug-likeness (QED) is 0.386. The molecule has 0 saturated heterocycles. The van der Waals surface area contributed by atoms with Crippen molar-refractivity contribution in [1.82, 2.24) is 0 Å². The number of nitrogens with zero attached hydrogens (tertiary/aromatic N) is 3. The molecule has 0 aliphatic carbocycles. The summed E-state index contributed by atoms with van der Waals surface area (Å²) in [5.74, 6) is 1.76. The molecule has 0 spiro atoms. The van der Waals surface area contributed by atoms with Crippen LogP contribution in [0.3, 0.4) is 0 Å². The number of aliphatic hydroxyl groups excluding tert-OH is 1. The van der Waals surface area contributed by atoms with Gasteiger partial charge in [0.1, 0.15) is 12.4 Å². The third-order valence-electron chi connectivity index (χ3n) is 6.51. The van der Waals surface area contributed by atoms with Gasteiger partial charge in [0.25, 0.3) is 5.91 Å². The number of carbonyl (C=O) groups is 1. The zero-order chi connectivity index (χ0) is 25.7. The Labute approximate surface area is 213 Å². The standard InChI is InChI=1S/C29H35N3O4/c1-5-30(6-2)22-11-15-25-27(19-22)36-28-20-23(31(7-3)8-4)12-16-26(28)32(25)29(34)21-9-13-24(14-10-21)35-18-17-33/h9-16,19-20,33H,5-8,17-18H2,1-4H3. The second-order valence-electron chi connectivity index (χ2n) is 8.49. The molecule has 1 N–H and O–H groups in total. The van der Waals surface area contributed by atoms with Gasteiger partial charge in [0.2, 0.25) is 0 Å². The van der Waals surface area contributed by atoms with E-state index < -0.39 is 0 Å². The maximum atomic E-state index is 13.9. The van der Waals surface area contributed by atoms with Crippen LogP contribution in [0.4, 0.5) is 22.7 Å². The summed E-state index contributed by atoms with van der Waals surface area (Å²) in [6, 6.07) is 19.0. The molecule has 7 nitrogen and oxygen atoms in total. The molecule has 0 saturated carbocycles. The third kappa shape index (κ3) is 4.97. The Morgan fingerprint density at radius 1 is 0.806 bits per heavy atom. The third-order valence-corrected chi connectivity index (χ3v) is 6.51. The molecule has 7 heteroatoms. The van der Waals surface area contributed by atoms with Crippen molar-refractivity contribution in [1.29, 1.82) is 0 Å². The van der Waals surface area contributed by atoms with Crippen molar-refractivity contribution >= 4 is 28.7 Å². The molecule has 1 aliphatic heterocycles. The zero-order valence-electron chi connectivity index (χ0n) is 21.5. The number of aliphatic hydroxyl groups is 1. The number of hydrogen-bond acceptors (Lipinski definition) is 6. The summed E-state index contributed by atoms with van der Waals surface area (Å²) < 4.78 is 11.9. The molecule has 3 aromatic rings. The Kier molecular flexibility index (Phi) is 8.00. The summed E-state index contributed by atoms with van der Waals surface area (Å²) in [6.07, 6.45) is 0. The van der Waals surface area contributed by atoms with E-state index in [9.17, 15) is 4.79 Å².